The first kappa shape index (κ1) is 12.5. The molecule has 0 bridgehead atoms. The lowest BCUT2D eigenvalue weighted by molar-refractivity contribution is 0.0949. The molecule has 0 aromatic heterocycles. The molecule has 1 aromatic carbocycles. The maximum absolute atomic E-state index is 11.7. The van der Waals surface area contributed by atoms with Crippen molar-refractivity contribution in [2.45, 2.75) is 13.8 Å². The monoisotopic (exact) mass is 289 g/mol. The Morgan fingerprint density at radius 1 is 1.53 bits per heavy atom. The zero-order valence-corrected chi connectivity index (χ0v) is 11.0. The molecule has 0 fully saturated rings. The fourth-order valence-electron chi connectivity index (χ4n) is 1.06. The van der Waals surface area contributed by atoms with Gasteiger partial charge < -0.3 is 5.32 Å². The topological polar surface area (TPSA) is 29.1 Å². The van der Waals surface area contributed by atoms with Gasteiger partial charge in [-0.1, -0.05) is 41.4 Å². The van der Waals surface area contributed by atoms with Gasteiger partial charge in [-0.3, -0.25) is 4.79 Å². The van der Waals surface area contributed by atoms with Crippen LogP contribution in [0, 0.1) is 5.92 Å². The van der Waals surface area contributed by atoms with Crippen molar-refractivity contribution in [1.29, 1.82) is 0 Å². The van der Waals surface area contributed by atoms with Crippen LogP contribution >= 0.6 is 27.5 Å². The zero-order valence-electron chi connectivity index (χ0n) is 8.68. The van der Waals surface area contributed by atoms with Gasteiger partial charge in [-0.2, -0.15) is 0 Å². The second-order valence-electron chi connectivity index (χ2n) is 3.73. The lowest BCUT2D eigenvalue weighted by atomic mass is 10.2. The van der Waals surface area contributed by atoms with Crippen LogP contribution in [-0.4, -0.2) is 12.5 Å². The first-order valence-corrected chi connectivity index (χ1v) is 5.91. The Hall–Kier alpha value is -0.540. The molecule has 1 aromatic rings. The first-order chi connectivity index (χ1) is 7.00. The smallest absolute Gasteiger partial charge is 0.252 e. The van der Waals surface area contributed by atoms with E-state index in [4.69, 9.17) is 11.6 Å². The molecule has 0 aliphatic heterocycles. The van der Waals surface area contributed by atoms with Crippen LogP contribution in [-0.2, 0) is 0 Å². The minimum absolute atomic E-state index is 0.130. The number of nitrogens with one attached hydrogen (secondary N) is 1. The summed E-state index contributed by atoms with van der Waals surface area (Å²) in [4.78, 5) is 11.7. The molecule has 0 aliphatic carbocycles. The number of rotatable bonds is 3. The number of halogens is 2. The number of carbonyl (C=O) groups is 1. The van der Waals surface area contributed by atoms with Crippen LogP contribution in [0.25, 0.3) is 0 Å². The van der Waals surface area contributed by atoms with E-state index in [9.17, 15) is 4.79 Å². The van der Waals surface area contributed by atoms with Crippen LogP contribution in [0.4, 0.5) is 0 Å². The van der Waals surface area contributed by atoms with Crippen molar-refractivity contribution < 1.29 is 4.79 Å². The van der Waals surface area contributed by atoms with E-state index in [1.54, 1.807) is 12.1 Å². The Labute approximate surface area is 103 Å². The van der Waals surface area contributed by atoms with Crippen molar-refractivity contribution in [2.75, 3.05) is 6.54 Å². The van der Waals surface area contributed by atoms with Gasteiger partial charge in [-0.15, -0.1) is 0 Å². The molecule has 0 unspecified atom stereocenters. The van der Waals surface area contributed by atoms with Crippen LogP contribution in [0.2, 0.25) is 5.02 Å². The average Bonchev–Trinajstić information content (AvgIpc) is 2.18. The Bertz CT molecular complexity index is 366. The number of amides is 1. The molecule has 1 N–H and O–H groups in total. The quantitative estimate of drug-likeness (QED) is 0.907. The molecule has 0 aliphatic rings. The summed E-state index contributed by atoms with van der Waals surface area (Å²) in [7, 11) is 0. The molecule has 0 heterocycles. The fraction of sp³-hybridized carbons (Fsp3) is 0.364. The standard InChI is InChI=1S/C11H13BrClNO/c1-7(2)6-14-11(15)9-5-8(12)3-4-10(9)13/h3-5,7H,6H2,1-2H3,(H,14,15). The molecular weight excluding hydrogens is 277 g/mol. The third kappa shape index (κ3) is 3.84. The van der Waals surface area contributed by atoms with E-state index < -0.39 is 0 Å². The normalized spacial score (nSPS) is 10.5. The summed E-state index contributed by atoms with van der Waals surface area (Å²) in [5, 5.41) is 3.29. The summed E-state index contributed by atoms with van der Waals surface area (Å²) in [6, 6.07) is 5.23. The van der Waals surface area contributed by atoms with Gasteiger partial charge in [0.2, 0.25) is 0 Å². The molecule has 82 valence electrons. The van der Waals surface area contributed by atoms with Crippen molar-refractivity contribution in [2.24, 2.45) is 5.92 Å². The second kappa shape index (κ2) is 5.52. The third-order valence-electron chi connectivity index (χ3n) is 1.84. The van der Waals surface area contributed by atoms with E-state index in [1.165, 1.54) is 0 Å². The van der Waals surface area contributed by atoms with Gasteiger partial charge >= 0.3 is 0 Å². The predicted molar refractivity (Wildman–Crippen MR) is 66.3 cm³/mol. The van der Waals surface area contributed by atoms with E-state index in [2.05, 4.69) is 21.2 Å². The Kier molecular flexibility index (Phi) is 4.61. The number of hydrogen-bond donors (Lipinski definition) is 1. The maximum Gasteiger partial charge on any atom is 0.252 e. The number of hydrogen-bond acceptors (Lipinski definition) is 1. The molecule has 0 spiro atoms. The summed E-state index contributed by atoms with van der Waals surface area (Å²) in [6.07, 6.45) is 0. The van der Waals surface area contributed by atoms with E-state index in [0.29, 0.717) is 23.0 Å². The van der Waals surface area contributed by atoms with Gasteiger partial charge in [0.15, 0.2) is 0 Å². The van der Waals surface area contributed by atoms with Gasteiger partial charge in [0.25, 0.3) is 5.91 Å². The van der Waals surface area contributed by atoms with E-state index in [1.807, 2.05) is 19.9 Å². The van der Waals surface area contributed by atoms with Crippen LogP contribution in [0.1, 0.15) is 24.2 Å². The highest BCUT2D eigenvalue weighted by Gasteiger charge is 2.10. The van der Waals surface area contributed by atoms with E-state index in [-0.39, 0.29) is 5.91 Å². The molecule has 1 amide bonds. The molecule has 0 radical (unpaired) electrons. The summed E-state index contributed by atoms with van der Waals surface area (Å²) in [6.45, 7) is 4.74. The summed E-state index contributed by atoms with van der Waals surface area (Å²) >= 11 is 9.23. The lowest BCUT2D eigenvalue weighted by Crippen LogP contribution is -2.27. The highest BCUT2D eigenvalue weighted by Crippen LogP contribution is 2.20. The first-order valence-electron chi connectivity index (χ1n) is 4.74. The molecule has 1 rings (SSSR count). The minimum atomic E-state index is -0.130. The van der Waals surface area contributed by atoms with Crippen LogP contribution < -0.4 is 5.32 Å². The average molecular weight is 291 g/mol. The van der Waals surface area contributed by atoms with Crippen LogP contribution in [0.15, 0.2) is 22.7 Å². The van der Waals surface area contributed by atoms with Crippen molar-refractivity contribution in [3.05, 3.63) is 33.3 Å². The molecule has 15 heavy (non-hydrogen) atoms. The van der Waals surface area contributed by atoms with Gasteiger partial charge in [0.05, 0.1) is 10.6 Å². The number of carbonyl (C=O) groups excluding carboxylic acids is 1. The molecule has 4 heteroatoms. The van der Waals surface area contributed by atoms with Crippen LogP contribution in [0.5, 0.6) is 0 Å². The van der Waals surface area contributed by atoms with Gasteiger partial charge in [-0.05, 0) is 24.1 Å². The summed E-state index contributed by atoms with van der Waals surface area (Å²) < 4.78 is 0.849. The Balaban J connectivity index is 2.77. The molecule has 0 atom stereocenters. The van der Waals surface area contributed by atoms with Crippen molar-refractivity contribution in [3.63, 3.8) is 0 Å². The third-order valence-corrected chi connectivity index (χ3v) is 2.67. The SMILES string of the molecule is CC(C)CNC(=O)c1cc(Br)ccc1Cl. The van der Waals surface area contributed by atoms with Gasteiger partial charge in [-0.25, -0.2) is 0 Å². The van der Waals surface area contributed by atoms with Crippen molar-refractivity contribution in [1.82, 2.24) is 5.32 Å². The van der Waals surface area contributed by atoms with E-state index >= 15 is 0 Å². The molecule has 2 nitrogen and oxygen atoms in total. The van der Waals surface area contributed by atoms with E-state index in [0.717, 1.165) is 4.47 Å². The maximum atomic E-state index is 11.7. The summed E-state index contributed by atoms with van der Waals surface area (Å²) in [5.41, 5.74) is 0.506. The lowest BCUT2D eigenvalue weighted by Gasteiger charge is -2.08. The summed E-state index contributed by atoms with van der Waals surface area (Å²) in [5.74, 6) is 0.301. The highest BCUT2D eigenvalue weighted by molar-refractivity contribution is 9.10. The Morgan fingerprint density at radius 3 is 2.80 bits per heavy atom. The number of benzene rings is 1. The second-order valence-corrected chi connectivity index (χ2v) is 5.05. The van der Waals surface area contributed by atoms with Gasteiger partial charge in [0, 0.05) is 11.0 Å². The molecular formula is C11H13BrClNO. The largest absolute Gasteiger partial charge is 0.352 e. The highest BCUT2D eigenvalue weighted by atomic mass is 79.9. The van der Waals surface area contributed by atoms with Gasteiger partial charge in [0.1, 0.15) is 0 Å². The fourth-order valence-corrected chi connectivity index (χ4v) is 1.63. The van der Waals surface area contributed by atoms with Crippen LogP contribution in [0.3, 0.4) is 0 Å². The molecule has 0 saturated heterocycles. The molecule has 0 saturated carbocycles. The van der Waals surface area contributed by atoms with Crippen molar-refractivity contribution >= 4 is 33.4 Å². The minimum Gasteiger partial charge on any atom is -0.352 e. The van der Waals surface area contributed by atoms with Crippen molar-refractivity contribution in [3.8, 4) is 0 Å². The zero-order chi connectivity index (χ0) is 11.4. The Morgan fingerprint density at radius 2 is 2.20 bits per heavy atom. The predicted octanol–water partition coefficient (Wildman–Crippen LogP) is 3.49.